The maximum atomic E-state index is 5.82. The van der Waals surface area contributed by atoms with Crippen LogP contribution in [0, 0.1) is 0 Å². The molecule has 2 heterocycles. The highest BCUT2D eigenvalue weighted by Gasteiger charge is 2.18. The van der Waals surface area contributed by atoms with Crippen molar-refractivity contribution in [2.24, 2.45) is 0 Å². The molecule has 20 heavy (non-hydrogen) atoms. The van der Waals surface area contributed by atoms with E-state index < -0.39 is 0 Å². The average Bonchev–Trinajstić information content (AvgIpc) is 2.49. The Labute approximate surface area is 119 Å². The minimum absolute atomic E-state index is 0.830. The maximum Gasteiger partial charge on any atom is 0.225 e. The molecule has 0 spiro atoms. The number of nitrogens with two attached hydrogens (primary N) is 1. The van der Waals surface area contributed by atoms with Crippen LogP contribution in [-0.2, 0) is 6.54 Å². The third-order valence-corrected chi connectivity index (χ3v) is 3.56. The van der Waals surface area contributed by atoms with Gasteiger partial charge in [-0.05, 0) is 23.8 Å². The molecule has 2 N–H and O–H groups in total. The van der Waals surface area contributed by atoms with E-state index in [1.807, 2.05) is 24.3 Å². The molecule has 0 atom stereocenters. The lowest BCUT2D eigenvalue weighted by atomic mass is 10.2. The van der Waals surface area contributed by atoms with E-state index >= 15 is 0 Å². The lowest BCUT2D eigenvalue weighted by molar-refractivity contribution is 0.249. The van der Waals surface area contributed by atoms with E-state index in [-0.39, 0.29) is 0 Å². The molecule has 1 fully saturated rings. The van der Waals surface area contributed by atoms with Gasteiger partial charge in [-0.2, -0.15) is 0 Å². The van der Waals surface area contributed by atoms with Crippen molar-refractivity contribution in [3.63, 3.8) is 0 Å². The molecule has 5 nitrogen and oxygen atoms in total. The number of hydrogen-bond acceptors (Lipinski definition) is 5. The number of anilines is 2. The summed E-state index contributed by atoms with van der Waals surface area (Å²) < 4.78 is 0. The smallest absolute Gasteiger partial charge is 0.225 e. The first-order valence-corrected chi connectivity index (χ1v) is 6.90. The molecule has 1 saturated heterocycles. The van der Waals surface area contributed by atoms with Crippen LogP contribution in [0.2, 0.25) is 0 Å². The number of aromatic nitrogens is 2. The Morgan fingerprint density at radius 1 is 1.00 bits per heavy atom. The Morgan fingerprint density at radius 2 is 1.75 bits per heavy atom. The Hall–Kier alpha value is -2.14. The van der Waals surface area contributed by atoms with Gasteiger partial charge in [0, 0.05) is 50.8 Å². The molecule has 0 unspecified atom stereocenters. The van der Waals surface area contributed by atoms with E-state index in [1.54, 1.807) is 12.4 Å². The molecule has 1 aromatic carbocycles. The zero-order valence-electron chi connectivity index (χ0n) is 11.4. The van der Waals surface area contributed by atoms with Crippen molar-refractivity contribution in [1.29, 1.82) is 0 Å². The summed E-state index contributed by atoms with van der Waals surface area (Å²) in [6.07, 6.45) is 3.59. The van der Waals surface area contributed by atoms with E-state index in [0.29, 0.717) is 0 Å². The number of piperazine rings is 1. The van der Waals surface area contributed by atoms with Crippen molar-refractivity contribution >= 4 is 11.6 Å². The van der Waals surface area contributed by atoms with Gasteiger partial charge in [-0.25, -0.2) is 9.97 Å². The molecular weight excluding hydrogens is 250 g/mol. The van der Waals surface area contributed by atoms with Crippen molar-refractivity contribution in [2.45, 2.75) is 6.54 Å². The summed E-state index contributed by atoms with van der Waals surface area (Å²) in [5, 5.41) is 0. The molecule has 5 heteroatoms. The molecule has 0 aliphatic carbocycles. The first-order valence-electron chi connectivity index (χ1n) is 6.90. The summed E-state index contributed by atoms with van der Waals surface area (Å²) >= 11 is 0. The first-order chi connectivity index (χ1) is 9.81. The molecule has 0 radical (unpaired) electrons. The molecule has 104 valence electrons. The summed E-state index contributed by atoms with van der Waals surface area (Å²) in [5.74, 6) is 0.830. The average molecular weight is 269 g/mol. The minimum Gasteiger partial charge on any atom is -0.399 e. The molecule has 1 aromatic heterocycles. The van der Waals surface area contributed by atoms with E-state index in [2.05, 4.69) is 25.8 Å². The Kier molecular flexibility index (Phi) is 3.78. The van der Waals surface area contributed by atoms with Gasteiger partial charge in [0.25, 0.3) is 0 Å². The zero-order chi connectivity index (χ0) is 13.8. The van der Waals surface area contributed by atoms with E-state index in [1.165, 1.54) is 5.56 Å². The Morgan fingerprint density at radius 3 is 2.45 bits per heavy atom. The van der Waals surface area contributed by atoms with Gasteiger partial charge in [0.2, 0.25) is 5.95 Å². The van der Waals surface area contributed by atoms with Gasteiger partial charge in [0.05, 0.1) is 0 Å². The number of rotatable bonds is 3. The van der Waals surface area contributed by atoms with E-state index in [4.69, 9.17) is 5.73 Å². The van der Waals surface area contributed by atoms with Crippen molar-refractivity contribution in [3.8, 4) is 0 Å². The molecule has 1 aliphatic heterocycles. The molecule has 0 saturated carbocycles. The normalized spacial score (nSPS) is 16.3. The van der Waals surface area contributed by atoms with Gasteiger partial charge in [-0.3, -0.25) is 4.90 Å². The fourth-order valence-corrected chi connectivity index (χ4v) is 2.51. The van der Waals surface area contributed by atoms with Gasteiger partial charge in [-0.15, -0.1) is 0 Å². The van der Waals surface area contributed by atoms with Gasteiger partial charge >= 0.3 is 0 Å². The summed E-state index contributed by atoms with van der Waals surface area (Å²) in [4.78, 5) is 13.3. The standard InChI is InChI=1S/C15H19N5/c16-14-4-1-3-13(11-14)12-19-7-9-20(10-8-19)15-17-5-2-6-18-15/h1-6,11H,7-10,12,16H2. The molecule has 0 amide bonds. The zero-order valence-corrected chi connectivity index (χ0v) is 11.4. The molecule has 1 aliphatic rings. The molecule has 0 bridgehead atoms. The SMILES string of the molecule is Nc1cccc(CN2CCN(c3ncccn3)CC2)c1. The lowest BCUT2D eigenvalue weighted by Crippen LogP contribution is -2.46. The van der Waals surface area contributed by atoms with E-state index in [0.717, 1.165) is 44.4 Å². The summed E-state index contributed by atoms with van der Waals surface area (Å²) in [6.45, 7) is 4.92. The molecular formula is C15H19N5. The highest BCUT2D eigenvalue weighted by atomic mass is 15.3. The van der Waals surface area contributed by atoms with E-state index in [9.17, 15) is 0 Å². The van der Waals surface area contributed by atoms with Crippen LogP contribution in [0.3, 0.4) is 0 Å². The minimum atomic E-state index is 0.830. The maximum absolute atomic E-state index is 5.82. The lowest BCUT2D eigenvalue weighted by Gasteiger charge is -2.34. The highest BCUT2D eigenvalue weighted by molar-refractivity contribution is 5.40. The monoisotopic (exact) mass is 269 g/mol. The van der Waals surface area contributed by atoms with Gasteiger partial charge < -0.3 is 10.6 Å². The topological polar surface area (TPSA) is 58.3 Å². The van der Waals surface area contributed by atoms with Crippen LogP contribution in [0.15, 0.2) is 42.7 Å². The summed E-state index contributed by atoms with van der Waals surface area (Å²) in [7, 11) is 0. The van der Waals surface area contributed by atoms with Crippen LogP contribution in [0.25, 0.3) is 0 Å². The fourth-order valence-electron chi connectivity index (χ4n) is 2.51. The van der Waals surface area contributed by atoms with Crippen molar-refractivity contribution in [3.05, 3.63) is 48.3 Å². The third-order valence-electron chi connectivity index (χ3n) is 3.56. The second kappa shape index (κ2) is 5.88. The van der Waals surface area contributed by atoms with Gasteiger partial charge in [-0.1, -0.05) is 12.1 Å². The second-order valence-electron chi connectivity index (χ2n) is 5.06. The highest BCUT2D eigenvalue weighted by Crippen LogP contribution is 2.13. The van der Waals surface area contributed by atoms with Gasteiger partial charge in [0.15, 0.2) is 0 Å². The van der Waals surface area contributed by atoms with Crippen molar-refractivity contribution in [1.82, 2.24) is 14.9 Å². The molecule has 3 rings (SSSR count). The van der Waals surface area contributed by atoms with Crippen molar-refractivity contribution in [2.75, 3.05) is 36.8 Å². The van der Waals surface area contributed by atoms with Crippen LogP contribution in [0.5, 0.6) is 0 Å². The number of nitrogen functional groups attached to an aromatic ring is 1. The van der Waals surface area contributed by atoms with Crippen molar-refractivity contribution < 1.29 is 0 Å². The number of hydrogen-bond donors (Lipinski definition) is 1. The predicted molar refractivity (Wildman–Crippen MR) is 80.4 cm³/mol. The van der Waals surface area contributed by atoms with Crippen LogP contribution in [0.1, 0.15) is 5.56 Å². The Balaban J connectivity index is 1.56. The fraction of sp³-hybridized carbons (Fsp3) is 0.333. The number of benzene rings is 1. The second-order valence-corrected chi connectivity index (χ2v) is 5.06. The number of nitrogens with zero attached hydrogens (tertiary/aromatic N) is 4. The summed E-state index contributed by atoms with van der Waals surface area (Å²) in [6, 6.07) is 9.96. The first kappa shape index (κ1) is 12.9. The quantitative estimate of drug-likeness (QED) is 0.853. The third kappa shape index (κ3) is 3.05. The van der Waals surface area contributed by atoms with Crippen LogP contribution >= 0.6 is 0 Å². The van der Waals surface area contributed by atoms with Crippen LogP contribution in [-0.4, -0.2) is 41.0 Å². The van der Waals surface area contributed by atoms with Crippen LogP contribution in [0.4, 0.5) is 11.6 Å². The largest absolute Gasteiger partial charge is 0.399 e. The van der Waals surface area contributed by atoms with Gasteiger partial charge in [0.1, 0.15) is 0 Å². The predicted octanol–water partition coefficient (Wildman–Crippen LogP) is 1.38. The Bertz CT molecular complexity index is 549. The van der Waals surface area contributed by atoms with Crippen LogP contribution < -0.4 is 10.6 Å². The summed E-state index contributed by atoms with van der Waals surface area (Å²) in [5.41, 5.74) is 7.92. The molecule has 2 aromatic rings.